The summed E-state index contributed by atoms with van der Waals surface area (Å²) in [4.78, 5) is 0. The smallest absolute Gasteiger partial charge is 0.0166 e. The molecule has 25 heavy (non-hydrogen) atoms. The first-order valence-electron chi connectivity index (χ1n) is 8.83. The second-order valence-corrected chi connectivity index (χ2v) is 5.43. The number of rotatable bonds is 5. The Morgan fingerprint density at radius 1 is 1.20 bits per heavy atom. The average Bonchev–Trinajstić information content (AvgIpc) is 2.59. The van der Waals surface area contributed by atoms with E-state index < -0.39 is 0 Å². The van der Waals surface area contributed by atoms with Crippen LogP contribution in [0.3, 0.4) is 0 Å². The van der Waals surface area contributed by atoms with Crippen LogP contribution in [0.15, 0.2) is 66.9 Å². The van der Waals surface area contributed by atoms with Crippen LogP contribution < -0.4 is 11.9 Å². The van der Waals surface area contributed by atoms with E-state index in [4.69, 9.17) is 5.73 Å². The zero-order valence-electron chi connectivity index (χ0n) is 17.5. The van der Waals surface area contributed by atoms with Crippen molar-refractivity contribution in [2.24, 2.45) is 11.7 Å². The molecule has 1 atom stereocenters. The van der Waals surface area contributed by atoms with Gasteiger partial charge in [0.25, 0.3) is 0 Å². The number of benzene rings is 1. The van der Waals surface area contributed by atoms with E-state index in [9.17, 15) is 0 Å². The summed E-state index contributed by atoms with van der Waals surface area (Å²) < 4.78 is 0. The molecule has 142 valence electrons. The fourth-order valence-electron chi connectivity index (χ4n) is 2.24. The minimum absolute atomic E-state index is 0. The fraction of sp³-hybridized carbons (Fsp3) is 0.391. The molecule has 5 N–H and O–H groups in total. The third-order valence-corrected chi connectivity index (χ3v) is 3.75. The van der Waals surface area contributed by atoms with E-state index in [0.29, 0.717) is 0 Å². The van der Waals surface area contributed by atoms with Gasteiger partial charge in [0.1, 0.15) is 0 Å². The highest BCUT2D eigenvalue weighted by molar-refractivity contribution is 5.68. The number of hydrogen-bond acceptors (Lipinski definition) is 2. The first kappa shape index (κ1) is 27.8. The van der Waals surface area contributed by atoms with Gasteiger partial charge in [0, 0.05) is 11.6 Å². The Hall–Kier alpha value is -2.06. The normalized spacial score (nSPS) is 11.6. The highest BCUT2D eigenvalue weighted by Crippen LogP contribution is 2.28. The van der Waals surface area contributed by atoms with Gasteiger partial charge in [0.2, 0.25) is 0 Å². The molecule has 0 heterocycles. The molecule has 0 radical (unpaired) electrons. The summed E-state index contributed by atoms with van der Waals surface area (Å²) in [6, 6.07) is 8.64. The van der Waals surface area contributed by atoms with Crippen molar-refractivity contribution in [2.75, 3.05) is 0 Å². The van der Waals surface area contributed by atoms with Gasteiger partial charge in [-0.1, -0.05) is 94.5 Å². The first-order chi connectivity index (χ1) is 11.4. The highest BCUT2D eigenvalue weighted by atomic mass is 14.6. The van der Waals surface area contributed by atoms with E-state index in [-0.39, 0.29) is 12.1 Å². The zero-order valence-corrected chi connectivity index (χ0v) is 17.5. The third-order valence-electron chi connectivity index (χ3n) is 3.75. The summed E-state index contributed by atoms with van der Waals surface area (Å²) in [6.07, 6.45) is 6.59. The summed E-state index contributed by atoms with van der Waals surface area (Å²) in [5.41, 5.74) is 11.8. The van der Waals surface area contributed by atoms with Gasteiger partial charge in [-0.2, -0.15) is 0 Å². The molecule has 0 aliphatic heterocycles. The standard InChI is InChI=1S/C16H23N.C5H8.C2H6.H3N/c1-6-16(12(3)14(5)17)13(4)15-9-7-11(2)8-10-15;1-3-5-4-2;1-2;/h7-10,12H,5-6,17H2,1-4H3;3-5H,1H2,2H3;1-2H3;1H3/b16-13+;5-4-;;. The first-order valence-corrected chi connectivity index (χ1v) is 8.83. The van der Waals surface area contributed by atoms with Crippen LogP contribution in [-0.2, 0) is 0 Å². The van der Waals surface area contributed by atoms with Crippen LogP contribution in [0, 0.1) is 12.8 Å². The molecule has 1 aromatic carbocycles. The predicted octanol–water partition coefficient (Wildman–Crippen LogP) is 7.22. The largest absolute Gasteiger partial charge is 0.402 e. The Kier molecular flexibility index (Phi) is 18.6. The molecule has 0 saturated heterocycles. The molecule has 0 amide bonds. The molecule has 0 fully saturated rings. The summed E-state index contributed by atoms with van der Waals surface area (Å²) in [5.74, 6) is 0.251. The van der Waals surface area contributed by atoms with E-state index in [2.05, 4.69) is 65.1 Å². The summed E-state index contributed by atoms with van der Waals surface area (Å²) in [5, 5.41) is 0. The molecular weight excluding hydrogens is 304 g/mol. The van der Waals surface area contributed by atoms with Crippen LogP contribution in [0.1, 0.15) is 59.1 Å². The molecule has 0 aliphatic rings. The lowest BCUT2D eigenvalue weighted by atomic mass is 9.89. The van der Waals surface area contributed by atoms with Crippen LogP contribution in [-0.4, -0.2) is 0 Å². The van der Waals surface area contributed by atoms with Crippen LogP contribution in [0.5, 0.6) is 0 Å². The van der Waals surface area contributed by atoms with E-state index in [1.165, 1.54) is 22.3 Å². The lowest BCUT2D eigenvalue weighted by molar-refractivity contribution is 0.755. The van der Waals surface area contributed by atoms with Gasteiger partial charge < -0.3 is 11.9 Å². The lowest BCUT2D eigenvalue weighted by Gasteiger charge is -2.18. The number of allylic oxidation sites excluding steroid dienone is 5. The molecule has 2 heteroatoms. The van der Waals surface area contributed by atoms with E-state index >= 15 is 0 Å². The fourth-order valence-corrected chi connectivity index (χ4v) is 2.24. The van der Waals surface area contributed by atoms with Crippen molar-refractivity contribution in [2.45, 2.75) is 54.9 Å². The Balaban J connectivity index is -0.000000521. The van der Waals surface area contributed by atoms with Crippen LogP contribution >= 0.6 is 0 Å². The van der Waals surface area contributed by atoms with E-state index in [0.717, 1.165) is 12.1 Å². The van der Waals surface area contributed by atoms with Gasteiger partial charge in [-0.05, 0) is 38.3 Å². The number of nitrogens with two attached hydrogens (primary N) is 1. The molecular formula is C23H40N2. The van der Waals surface area contributed by atoms with Gasteiger partial charge in [-0.25, -0.2) is 0 Å². The van der Waals surface area contributed by atoms with Gasteiger partial charge in [-0.15, -0.1) is 0 Å². The minimum Gasteiger partial charge on any atom is -0.402 e. The SMILES string of the molecule is C=C(N)C(C)/C(CC)=C(\C)c1ccc(C)cc1.C=C/C=C\C.CC.N. The van der Waals surface area contributed by atoms with Crippen molar-refractivity contribution in [3.63, 3.8) is 0 Å². The molecule has 1 unspecified atom stereocenters. The predicted molar refractivity (Wildman–Crippen MR) is 118 cm³/mol. The summed E-state index contributed by atoms with van der Waals surface area (Å²) >= 11 is 0. The van der Waals surface area contributed by atoms with E-state index in [1.807, 2.05) is 32.9 Å². The quantitative estimate of drug-likeness (QED) is 0.554. The maximum atomic E-state index is 5.82. The molecule has 0 saturated carbocycles. The molecule has 1 aromatic rings. The van der Waals surface area contributed by atoms with E-state index in [1.54, 1.807) is 6.08 Å². The number of hydrogen-bond donors (Lipinski definition) is 2. The van der Waals surface area contributed by atoms with Gasteiger partial charge in [0.15, 0.2) is 0 Å². The van der Waals surface area contributed by atoms with Crippen LogP contribution in [0.25, 0.3) is 5.57 Å². The van der Waals surface area contributed by atoms with Gasteiger partial charge in [-0.3, -0.25) is 0 Å². The summed E-state index contributed by atoms with van der Waals surface area (Å²) in [6.45, 7) is 21.9. The Morgan fingerprint density at radius 3 is 1.96 bits per heavy atom. The molecule has 2 nitrogen and oxygen atoms in total. The van der Waals surface area contributed by atoms with Crippen molar-refractivity contribution >= 4 is 5.57 Å². The molecule has 0 aromatic heterocycles. The second kappa shape index (κ2) is 16.8. The lowest BCUT2D eigenvalue weighted by Crippen LogP contribution is -2.10. The molecule has 1 rings (SSSR count). The molecule has 0 spiro atoms. The monoisotopic (exact) mass is 344 g/mol. The average molecular weight is 345 g/mol. The van der Waals surface area contributed by atoms with Gasteiger partial charge >= 0.3 is 0 Å². The third kappa shape index (κ3) is 11.2. The topological polar surface area (TPSA) is 61.0 Å². The second-order valence-electron chi connectivity index (χ2n) is 5.43. The minimum atomic E-state index is 0. The van der Waals surface area contributed by atoms with Crippen molar-refractivity contribution in [3.05, 3.63) is 78.0 Å². The Labute approximate surface area is 156 Å². The van der Waals surface area contributed by atoms with Crippen LogP contribution in [0.2, 0.25) is 0 Å². The van der Waals surface area contributed by atoms with Crippen molar-refractivity contribution in [1.29, 1.82) is 0 Å². The van der Waals surface area contributed by atoms with Crippen molar-refractivity contribution in [3.8, 4) is 0 Å². The maximum Gasteiger partial charge on any atom is 0.0166 e. The van der Waals surface area contributed by atoms with Crippen molar-refractivity contribution in [1.82, 2.24) is 6.15 Å². The van der Waals surface area contributed by atoms with Crippen molar-refractivity contribution < 1.29 is 0 Å². The molecule has 0 bridgehead atoms. The maximum absolute atomic E-state index is 5.82. The molecule has 0 aliphatic carbocycles. The zero-order chi connectivity index (χ0) is 19.1. The van der Waals surface area contributed by atoms with Crippen LogP contribution in [0.4, 0.5) is 0 Å². The summed E-state index contributed by atoms with van der Waals surface area (Å²) in [7, 11) is 0. The number of aryl methyl sites for hydroxylation is 1. The highest BCUT2D eigenvalue weighted by Gasteiger charge is 2.12. The van der Waals surface area contributed by atoms with Gasteiger partial charge in [0.05, 0.1) is 0 Å². The Bertz CT molecular complexity index is 534. The Morgan fingerprint density at radius 2 is 1.68 bits per heavy atom.